The number of hydrogen-bond acceptors (Lipinski definition) is 3. The minimum absolute atomic E-state index is 0.690. The van der Waals surface area contributed by atoms with Gasteiger partial charge in [0.05, 0.1) is 12.7 Å². The van der Waals surface area contributed by atoms with Crippen molar-refractivity contribution < 1.29 is 0 Å². The molecule has 0 spiro atoms. The van der Waals surface area contributed by atoms with Crippen molar-refractivity contribution in [3.8, 4) is 0 Å². The van der Waals surface area contributed by atoms with Gasteiger partial charge in [0.15, 0.2) is 0 Å². The Bertz CT molecular complexity index is 359. The van der Waals surface area contributed by atoms with Crippen LogP contribution >= 0.6 is 11.6 Å². The minimum atomic E-state index is 0.690. The Morgan fingerprint density at radius 1 is 1.59 bits per heavy atom. The van der Waals surface area contributed by atoms with Gasteiger partial charge in [-0.2, -0.15) is 0 Å². The first kappa shape index (κ1) is 12.9. The van der Waals surface area contributed by atoms with E-state index in [-0.39, 0.29) is 0 Å². The Labute approximate surface area is 108 Å². The van der Waals surface area contributed by atoms with Crippen molar-refractivity contribution in [2.75, 3.05) is 19.6 Å². The van der Waals surface area contributed by atoms with Gasteiger partial charge in [-0.1, -0.05) is 18.5 Å². The Hall–Kier alpha value is -0.580. The highest BCUT2D eigenvalue weighted by Crippen LogP contribution is 2.25. The first-order chi connectivity index (χ1) is 8.22. The van der Waals surface area contributed by atoms with E-state index in [1.807, 2.05) is 11.6 Å². The zero-order valence-electron chi connectivity index (χ0n) is 10.6. The lowest BCUT2D eigenvalue weighted by Crippen LogP contribution is -2.33. The quantitative estimate of drug-likeness (QED) is 0.753. The highest BCUT2D eigenvalue weighted by atomic mass is 35.5. The van der Waals surface area contributed by atoms with Crippen LogP contribution in [0.15, 0.2) is 6.20 Å². The Kier molecular flexibility index (Phi) is 4.42. The summed E-state index contributed by atoms with van der Waals surface area (Å²) < 4.78 is 1.91. The summed E-state index contributed by atoms with van der Waals surface area (Å²) in [6, 6.07) is 0.851. The molecule has 0 saturated heterocycles. The molecule has 0 unspecified atom stereocenters. The SMILES string of the molecule is CCN(CCNCc1ncc(Cl)n1C)C1CC1. The molecule has 0 amide bonds. The lowest BCUT2D eigenvalue weighted by Gasteiger charge is -2.19. The fourth-order valence-electron chi connectivity index (χ4n) is 2.05. The lowest BCUT2D eigenvalue weighted by molar-refractivity contribution is 0.276. The van der Waals surface area contributed by atoms with Crippen LogP contribution in [0.3, 0.4) is 0 Å². The summed E-state index contributed by atoms with van der Waals surface area (Å²) in [6.45, 7) is 6.30. The molecule has 0 aromatic carbocycles. The lowest BCUT2D eigenvalue weighted by atomic mass is 10.4. The zero-order valence-corrected chi connectivity index (χ0v) is 11.4. The summed E-state index contributed by atoms with van der Waals surface area (Å²) in [7, 11) is 1.94. The largest absolute Gasteiger partial charge is 0.321 e. The number of aromatic nitrogens is 2. The van der Waals surface area contributed by atoms with E-state index in [4.69, 9.17) is 11.6 Å². The number of hydrogen-bond donors (Lipinski definition) is 1. The van der Waals surface area contributed by atoms with E-state index >= 15 is 0 Å². The van der Waals surface area contributed by atoms with Gasteiger partial charge in [0.25, 0.3) is 0 Å². The van der Waals surface area contributed by atoms with Crippen molar-refractivity contribution in [2.24, 2.45) is 7.05 Å². The molecule has 1 heterocycles. The normalized spacial score (nSPS) is 15.8. The molecule has 1 aromatic heterocycles. The molecular weight excluding hydrogens is 236 g/mol. The number of likely N-dealkylation sites (N-methyl/N-ethyl adjacent to an activating group) is 1. The predicted molar refractivity (Wildman–Crippen MR) is 70.2 cm³/mol. The van der Waals surface area contributed by atoms with E-state index in [2.05, 4.69) is 22.1 Å². The van der Waals surface area contributed by atoms with Crippen LogP contribution in [0.4, 0.5) is 0 Å². The third-order valence-electron chi connectivity index (χ3n) is 3.36. The summed E-state index contributed by atoms with van der Waals surface area (Å²) in [4.78, 5) is 6.79. The van der Waals surface area contributed by atoms with Crippen molar-refractivity contribution in [1.82, 2.24) is 19.8 Å². The van der Waals surface area contributed by atoms with Crippen LogP contribution in [0.5, 0.6) is 0 Å². The summed E-state index contributed by atoms with van der Waals surface area (Å²) >= 11 is 5.93. The molecule has 2 rings (SSSR count). The summed E-state index contributed by atoms with van der Waals surface area (Å²) in [5, 5.41) is 4.11. The molecule has 1 aromatic rings. The van der Waals surface area contributed by atoms with Gasteiger partial charge in [-0.15, -0.1) is 0 Å². The van der Waals surface area contributed by atoms with Crippen LogP contribution in [0.2, 0.25) is 5.15 Å². The van der Waals surface area contributed by atoms with Crippen molar-refractivity contribution in [2.45, 2.75) is 32.4 Å². The molecular formula is C12H21ClN4. The molecule has 96 valence electrons. The molecule has 0 aliphatic heterocycles. The van der Waals surface area contributed by atoms with Gasteiger partial charge in [-0.3, -0.25) is 4.90 Å². The fraction of sp³-hybridized carbons (Fsp3) is 0.750. The Morgan fingerprint density at radius 3 is 2.88 bits per heavy atom. The van der Waals surface area contributed by atoms with Gasteiger partial charge in [0.2, 0.25) is 0 Å². The van der Waals surface area contributed by atoms with Gasteiger partial charge < -0.3 is 9.88 Å². The first-order valence-corrected chi connectivity index (χ1v) is 6.71. The van der Waals surface area contributed by atoms with Crippen LogP contribution in [0, 0.1) is 0 Å². The third kappa shape index (κ3) is 3.44. The maximum absolute atomic E-state index is 5.93. The molecule has 1 fully saturated rings. The second-order valence-corrected chi connectivity index (χ2v) is 4.98. The van der Waals surface area contributed by atoms with E-state index in [0.29, 0.717) is 5.15 Å². The first-order valence-electron chi connectivity index (χ1n) is 6.33. The average molecular weight is 257 g/mol. The predicted octanol–water partition coefficient (Wildman–Crippen LogP) is 1.65. The molecule has 1 aliphatic rings. The average Bonchev–Trinajstić information content (AvgIpc) is 3.11. The van der Waals surface area contributed by atoms with E-state index in [1.54, 1.807) is 6.20 Å². The molecule has 5 heteroatoms. The van der Waals surface area contributed by atoms with Crippen LogP contribution in [0.25, 0.3) is 0 Å². The second kappa shape index (κ2) is 5.85. The standard InChI is InChI=1S/C12H21ClN4/c1-3-17(10-4-5-10)7-6-14-9-12-15-8-11(13)16(12)2/h8,10,14H,3-7,9H2,1-2H3. The molecule has 0 bridgehead atoms. The highest BCUT2D eigenvalue weighted by molar-refractivity contribution is 6.29. The van der Waals surface area contributed by atoms with E-state index < -0.39 is 0 Å². The summed E-state index contributed by atoms with van der Waals surface area (Å²) in [5.74, 6) is 0.990. The smallest absolute Gasteiger partial charge is 0.128 e. The van der Waals surface area contributed by atoms with Crippen LogP contribution in [-0.2, 0) is 13.6 Å². The second-order valence-electron chi connectivity index (χ2n) is 4.59. The zero-order chi connectivity index (χ0) is 12.3. The molecule has 0 radical (unpaired) electrons. The maximum atomic E-state index is 5.93. The van der Waals surface area contributed by atoms with Gasteiger partial charge in [0, 0.05) is 26.2 Å². The molecule has 1 saturated carbocycles. The molecule has 17 heavy (non-hydrogen) atoms. The van der Waals surface area contributed by atoms with Crippen LogP contribution < -0.4 is 5.32 Å². The van der Waals surface area contributed by atoms with Crippen molar-refractivity contribution in [3.63, 3.8) is 0 Å². The summed E-state index contributed by atoms with van der Waals surface area (Å²) in [6.07, 6.45) is 4.45. The maximum Gasteiger partial charge on any atom is 0.128 e. The van der Waals surface area contributed by atoms with Crippen LogP contribution in [0.1, 0.15) is 25.6 Å². The van der Waals surface area contributed by atoms with Crippen molar-refractivity contribution in [3.05, 3.63) is 17.2 Å². The van der Waals surface area contributed by atoms with Gasteiger partial charge in [-0.05, 0) is 19.4 Å². The number of nitrogens with zero attached hydrogens (tertiary/aromatic N) is 3. The number of halogens is 1. The summed E-state index contributed by atoms with van der Waals surface area (Å²) in [5.41, 5.74) is 0. The molecule has 4 nitrogen and oxygen atoms in total. The van der Waals surface area contributed by atoms with Gasteiger partial charge in [-0.25, -0.2) is 4.98 Å². The van der Waals surface area contributed by atoms with Crippen molar-refractivity contribution >= 4 is 11.6 Å². The molecule has 1 aliphatic carbocycles. The van der Waals surface area contributed by atoms with Crippen LogP contribution in [-0.4, -0.2) is 40.1 Å². The number of nitrogens with one attached hydrogen (secondary N) is 1. The van der Waals surface area contributed by atoms with Gasteiger partial charge in [0.1, 0.15) is 11.0 Å². The Morgan fingerprint density at radius 2 is 2.35 bits per heavy atom. The van der Waals surface area contributed by atoms with E-state index in [1.165, 1.54) is 12.8 Å². The number of imidazole rings is 1. The Balaban J connectivity index is 1.67. The van der Waals surface area contributed by atoms with E-state index in [0.717, 1.165) is 38.0 Å². The highest BCUT2D eigenvalue weighted by Gasteiger charge is 2.26. The minimum Gasteiger partial charge on any atom is -0.321 e. The van der Waals surface area contributed by atoms with Crippen molar-refractivity contribution in [1.29, 1.82) is 0 Å². The van der Waals surface area contributed by atoms with Gasteiger partial charge >= 0.3 is 0 Å². The number of rotatable bonds is 7. The topological polar surface area (TPSA) is 33.1 Å². The molecule has 1 N–H and O–H groups in total. The van der Waals surface area contributed by atoms with E-state index in [9.17, 15) is 0 Å². The third-order valence-corrected chi connectivity index (χ3v) is 3.71. The fourth-order valence-corrected chi connectivity index (χ4v) is 2.20. The molecule has 0 atom stereocenters. The monoisotopic (exact) mass is 256 g/mol.